The van der Waals surface area contributed by atoms with E-state index in [0.717, 1.165) is 5.69 Å². The Morgan fingerprint density at radius 3 is 2.78 bits per heavy atom. The van der Waals surface area contributed by atoms with Gasteiger partial charge in [-0.1, -0.05) is 12.1 Å². The third kappa shape index (κ3) is 4.32. The van der Waals surface area contributed by atoms with Crippen molar-refractivity contribution in [1.29, 1.82) is 0 Å². The van der Waals surface area contributed by atoms with Crippen LogP contribution in [0.2, 0.25) is 0 Å². The first-order valence-corrected chi connectivity index (χ1v) is 5.66. The average molecular weight is 249 g/mol. The van der Waals surface area contributed by atoms with Gasteiger partial charge in [-0.3, -0.25) is 9.80 Å². The van der Waals surface area contributed by atoms with Crippen LogP contribution in [-0.4, -0.2) is 32.1 Å². The maximum Gasteiger partial charge on any atom is 0.334 e. The molecule has 18 heavy (non-hydrogen) atoms. The first-order chi connectivity index (χ1) is 8.67. The number of amides is 3. The molecule has 1 aromatic carbocycles. The molecule has 0 fully saturated rings. The van der Waals surface area contributed by atoms with Crippen LogP contribution in [0.4, 0.5) is 10.5 Å². The van der Waals surface area contributed by atoms with E-state index in [0.29, 0.717) is 6.54 Å². The highest BCUT2D eigenvalue weighted by atomic mass is 16.2. The summed E-state index contributed by atoms with van der Waals surface area (Å²) in [5.41, 5.74) is 3.47. The second-order valence-corrected chi connectivity index (χ2v) is 3.47. The number of nitrogens with zero attached hydrogens (tertiary/aromatic N) is 1. The van der Waals surface area contributed by atoms with Gasteiger partial charge in [0.2, 0.25) is 5.91 Å². The summed E-state index contributed by atoms with van der Waals surface area (Å²) < 4.78 is 0. The molecule has 0 aliphatic heterocycles. The Morgan fingerprint density at radius 2 is 2.22 bits per heavy atom. The molecule has 1 aromatic rings. The number of nitrogens with one attached hydrogen (secondary N) is 3. The van der Waals surface area contributed by atoms with Gasteiger partial charge in [0.25, 0.3) is 0 Å². The number of hydrogen-bond donors (Lipinski definition) is 3. The number of likely N-dealkylation sites (N-methyl/N-ethyl adjacent to an activating group) is 1. The van der Waals surface area contributed by atoms with E-state index in [1.54, 1.807) is 17.1 Å². The van der Waals surface area contributed by atoms with E-state index in [2.05, 4.69) is 22.1 Å². The SMILES string of the molecule is CCN(NC(=O)NCC(=O)NC)c1c[c]ccc1. The van der Waals surface area contributed by atoms with E-state index >= 15 is 0 Å². The lowest BCUT2D eigenvalue weighted by Gasteiger charge is -2.23. The highest BCUT2D eigenvalue weighted by Crippen LogP contribution is 2.09. The Bertz CT molecular complexity index is 394. The summed E-state index contributed by atoms with van der Waals surface area (Å²) in [6, 6.07) is 9.75. The number of benzene rings is 1. The summed E-state index contributed by atoms with van der Waals surface area (Å²) in [5.74, 6) is -0.249. The van der Waals surface area contributed by atoms with E-state index in [-0.39, 0.29) is 12.5 Å². The molecule has 1 rings (SSSR count). The lowest BCUT2D eigenvalue weighted by Crippen LogP contribution is -2.49. The number of rotatable bonds is 5. The molecule has 0 atom stereocenters. The molecule has 0 heterocycles. The number of carbonyl (C=O) groups excluding carboxylic acids is 2. The molecule has 0 unspecified atom stereocenters. The fourth-order valence-electron chi connectivity index (χ4n) is 1.29. The molecule has 97 valence electrons. The van der Waals surface area contributed by atoms with Crippen LogP contribution in [0.25, 0.3) is 0 Å². The third-order valence-corrected chi connectivity index (χ3v) is 2.24. The van der Waals surface area contributed by atoms with Crippen molar-refractivity contribution >= 4 is 17.6 Å². The number of urea groups is 1. The van der Waals surface area contributed by atoms with Gasteiger partial charge >= 0.3 is 6.03 Å². The number of carbonyl (C=O) groups is 2. The van der Waals surface area contributed by atoms with Gasteiger partial charge in [0.1, 0.15) is 0 Å². The molecule has 3 N–H and O–H groups in total. The normalized spacial score (nSPS) is 9.44. The Kier molecular flexibility index (Phi) is 5.50. The van der Waals surface area contributed by atoms with E-state index in [9.17, 15) is 9.59 Å². The molecule has 0 aliphatic carbocycles. The van der Waals surface area contributed by atoms with Crippen molar-refractivity contribution in [3.8, 4) is 0 Å². The smallest absolute Gasteiger partial charge is 0.334 e. The Balaban J connectivity index is 2.49. The largest absolute Gasteiger partial charge is 0.358 e. The molecule has 1 radical (unpaired) electrons. The Labute approximate surface area is 106 Å². The minimum Gasteiger partial charge on any atom is -0.358 e. The van der Waals surface area contributed by atoms with Crippen LogP contribution in [0.15, 0.2) is 24.3 Å². The molecule has 6 heteroatoms. The molecule has 0 aromatic heterocycles. The van der Waals surface area contributed by atoms with Gasteiger partial charge in [-0.25, -0.2) is 10.2 Å². The van der Waals surface area contributed by atoms with Crippen LogP contribution >= 0.6 is 0 Å². The van der Waals surface area contributed by atoms with Gasteiger partial charge in [0, 0.05) is 13.6 Å². The predicted octanol–water partition coefficient (Wildman–Crippen LogP) is 0.273. The molecule has 6 nitrogen and oxygen atoms in total. The number of anilines is 1. The fraction of sp³-hybridized carbons (Fsp3) is 0.333. The summed E-state index contributed by atoms with van der Waals surface area (Å²) in [7, 11) is 1.51. The maximum absolute atomic E-state index is 11.6. The van der Waals surface area contributed by atoms with Crippen LogP contribution in [0.3, 0.4) is 0 Å². The van der Waals surface area contributed by atoms with Crippen LogP contribution < -0.4 is 21.1 Å². The van der Waals surface area contributed by atoms with Crippen molar-refractivity contribution in [2.75, 3.05) is 25.1 Å². The minimum absolute atomic E-state index is 0.0548. The average Bonchev–Trinajstić information content (AvgIpc) is 2.43. The summed E-state index contributed by atoms with van der Waals surface area (Å²) in [6.07, 6.45) is 0. The first-order valence-electron chi connectivity index (χ1n) is 5.66. The summed E-state index contributed by atoms with van der Waals surface area (Å²) in [4.78, 5) is 22.5. The first kappa shape index (κ1) is 13.8. The summed E-state index contributed by atoms with van der Waals surface area (Å²) in [5, 5.41) is 6.54. The van der Waals surface area contributed by atoms with Crippen molar-refractivity contribution in [2.24, 2.45) is 0 Å². The van der Waals surface area contributed by atoms with Crippen LogP contribution in [0, 0.1) is 6.07 Å². The zero-order chi connectivity index (χ0) is 13.4. The van der Waals surface area contributed by atoms with Gasteiger partial charge in [0.15, 0.2) is 0 Å². The molecule has 0 bridgehead atoms. The van der Waals surface area contributed by atoms with Crippen molar-refractivity contribution in [1.82, 2.24) is 16.1 Å². The monoisotopic (exact) mass is 249 g/mol. The quantitative estimate of drug-likeness (QED) is 0.656. The highest BCUT2D eigenvalue weighted by molar-refractivity contribution is 5.84. The van der Waals surface area contributed by atoms with Crippen molar-refractivity contribution in [3.63, 3.8) is 0 Å². The van der Waals surface area contributed by atoms with Gasteiger partial charge in [0.05, 0.1) is 12.2 Å². The van der Waals surface area contributed by atoms with Crippen molar-refractivity contribution < 1.29 is 9.59 Å². The minimum atomic E-state index is -0.427. The molecular formula is C12H17N4O2. The van der Waals surface area contributed by atoms with E-state index in [4.69, 9.17) is 0 Å². The standard InChI is InChI=1S/C12H17N4O2/c1-3-16(10-7-5-4-6-8-10)15-12(18)14-9-11(17)13-2/h4-5,7-8H,3,9H2,1-2H3,(H,13,17)(H2,14,15,18). The summed E-state index contributed by atoms with van der Waals surface area (Å²) in [6.45, 7) is 2.46. The molecule has 0 spiro atoms. The Hall–Kier alpha value is -2.24. The van der Waals surface area contributed by atoms with Gasteiger partial charge in [-0.2, -0.15) is 0 Å². The fourth-order valence-corrected chi connectivity index (χ4v) is 1.29. The van der Waals surface area contributed by atoms with Gasteiger partial charge in [-0.05, 0) is 25.1 Å². The van der Waals surface area contributed by atoms with Gasteiger partial charge < -0.3 is 10.6 Å². The van der Waals surface area contributed by atoms with E-state index in [1.807, 2.05) is 19.1 Å². The summed E-state index contributed by atoms with van der Waals surface area (Å²) >= 11 is 0. The molecule has 3 amide bonds. The second-order valence-electron chi connectivity index (χ2n) is 3.47. The molecular weight excluding hydrogens is 232 g/mol. The van der Waals surface area contributed by atoms with Crippen molar-refractivity contribution in [2.45, 2.75) is 6.92 Å². The van der Waals surface area contributed by atoms with Crippen molar-refractivity contribution in [3.05, 3.63) is 30.3 Å². The molecule has 0 aliphatic rings. The van der Waals surface area contributed by atoms with Crippen LogP contribution in [0.1, 0.15) is 6.92 Å². The lowest BCUT2D eigenvalue weighted by atomic mass is 10.3. The second kappa shape index (κ2) is 7.16. The number of hydrazine groups is 1. The van der Waals surface area contributed by atoms with Crippen LogP contribution in [-0.2, 0) is 4.79 Å². The van der Waals surface area contributed by atoms with Gasteiger partial charge in [-0.15, -0.1) is 0 Å². The Morgan fingerprint density at radius 1 is 1.44 bits per heavy atom. The molecule has 0 saturated heterocycles. The maximum atomic E-state index is 11.6. The predicted molar refractivity (Wildman–Crippen MR) is 68.9 cm³/mol. The third-order valence-electron chi connectivity index (χ3n) is 2.24. The zero-order valence-corrected chi connectivity index (χ0v) is 10.5. The lowest BCUT2D eigenvalue weighted by molar-refractivity contribution is -0.119. The number of hydrogen-bond acceptors (Lipinski definition) is 3. The van der Waals surface area contributed by atoms with E-state index < -0.39 is 6.03 Å². The molecule has 0 saturated carbocycles. The van der Waals surface area contributed by atoms with E-state index in [1.165, 1.54) is 7.05 Å². The highest BCUT2D eigenvalue weighted by Gasteiger charge is 2.08. The zero-order valence-electron chi connectivity index (χ0n) is 10.5. The topological polar surface area (TPSA) is 73.5 Å². The van der Waals surface area contributed by atoms with Crippen LogP contribution in [0.5, 0.6) is 0 Å².